The fourth-order valence-corrected chi connectivity index (χ4v) is 3.34. The number of aliphatic hydroxyl groups is 1. The summed E-state index contributed by atoms with van der Waals surface area (Å²) in [5.74, 6) is 0. The zero-order chi connectivity index (χ0) is 14.5. The van der Waals surface area contributed by atoms with Gasteiger partial charge in [0.05, 0.1) is 12.2 Å². The fourth-order valence-electron chi connectivity index (χ4n) is 2.64. The molecule has 2 rings (SSSR count). The first-order valence-electron chi connectivity index (χ1n) is 7.46. The van der Waals surface area contributed by atoms with Gasteiger partial charge in [0.15, 0.2) is 0 Å². The molecule has 1 aromatic rings. The van der Waals surface area contributed by atoms with Crippen molar-refractivity contribution in [1.82, 2.24) is 0 Å². The van der Waals surface area contributed by atoms with Crippen LogP contribution >= 0.6 is 15.9 Å². The van der Waals surface area contributed by atoms with Crippen LogP contribution < -0.4 is 4.90 Å². The molecule has 112 valence electrons. The standard InChI is InChI=1S/C16H24BrNO2/c1-3-9-20-14-5-4-8-18(11-14)13-6-7-15(12(2)19)16(17)10-13/h6-7,10,12,14,19H,3-5,8-9,11H2,1-2H3/t12-,14?/m0/s1. The normalized spacial score (nSPS) is 21.0. The van der Waals surface area contributed by atoms with Crippen molar-refractivity contribution in [3.63, 3.8) is 0 Å². The van der Waals surface area contributed by atoms with Crippen LogP contribution in [-0.2, 0) is 4.74 Å². The van der Waals surface area contributed by atoms with E-state index >= 15 is 0 Å². The molecule has 0 spiro atoms. The molecule has 0 aromatic heterocycles. The van der Waals surface area contributed by atoms with E-state index in [4.69, 9.17) is 4.74 Å². The summed E-state index contributed by atoms with van der Waals surface area (Å²) < 4.78 is 6.86. The van der Waals surface area contributed by atoms with Gasteiger partial charge in [0.25, 0.3) is 0 Å². The molecule has 0 aliphatic carbocycles. The maximum absolute atomic E-state index is 9.68. The van der Waals surface area contributed by atoms with Gasteiger partial charge in [-0.05, 0) is 43.9 Å². The highest BCUT2D eigenvalue weighted by atomic mass is 79.9. The van der Waals surface area contributed by atoms with Crippen molar-refractivity contribution >= 4 is 21.6 Å². The molecule has 20 heavy (non-hydrogen) atoms. The number of halogens is 1. The van der Waals surface area contributed by atoms with Crippen molar-refractivity contribution < 1.29 is 9.84 Å². The van der Waals surface area contributed by atoms with Gasteiger partial charge in [0, 0.05) is 29.9 Å². The Balaban J connectivity index is 2.05. The second-order valence-corrected chi connectivity index (χ2v) is 6.32. The van der Waals surface area contributed by atoms with Gasteiger partial charge in [-0.3, -0.25) is 0 Å². The lowest BCUT2D eigenvalue weighted by Crippen LogP contribution is -2.39. The zero-order valence-corrected chi connectivity index (χ0v) is 13.9. The fraction of sp³-hybridized carbons (Fsp3) is 0.625. The molecule has 0 radical (unpaired) electrons. The van der Waals surface area contributed by atoms with Crippen LogP contribution in [0.15, 0.2) is 22.7 Å². The van der Waals surface area contributed by atoms with Crippen LogP contribution in [-0.4, -0.2) is 30.9 Å². The third-order valence-corrected chi connectivity index (χ3v) is 4.42. The largest absolute Gasteiger partial charge is 0.389 e. The Morgan fingerprint density at radius 1 is 1.50 bits per heavy atom. The Bertz CT molecular complexity index is 436. The smallest absolute Gasteiger partial charge is 0.0772 e. The summed E-state index contributed by atoms with van der Waals surface area (Å²) in [6.07, 6.45) is 3.30. The van der Waals surface area contributed by atoms with Crippen LogP contribution in [0.25, 0.3) is 0 Å². The first-order chi connectivity index (χ1) is 9.61. The lowest BCUT2D eigenvalue weighted by molar-refractivity contribution is 0.0440. The van der Waals surface area contributed by atoms with Crippen LogP contribution in [0.4, 0.5) is 5.69 Å². The first-order valence-corrected chi connectivity index (χ1v) is 8.25. The summed E-state index contributed by atoms with van der Waals surface area (Å²) in [5.41, 5.74) is 2.13. The quantitative estimate of drug-likeness (QED) is 0.881. The van der Waals surface area contributed by atoms with E-state index in [1.54, 1.807) is 6.92 Å². The summed E-state index contributed by atoms with van der Waals surface area (Å²) in [4.78, 5) is 2.38. The average molecular weight is 342 g/mol. The topological polar surface area (TPSA) is 32.7 Å². The van der Waals surface area contributed by atoms with Gasteiger partial charge in [-0.2, -0.15) is 0 Å². The number of nitrogens with zero attached hydrogens (tertiary/aromatic N) is 1. The van der Waals surface area contributed by atoms with Crippen LogP contribution in [0.3, 0.4) is 0 Å². The predicted molar refractivity (Wildman–Crippen MR) is 86.3 cm³/mol. The Morgan fingerprint density at radius 3 is 2.95 bits per heavy atom. The second kappa shape index (κ2) is 7.43. The minimum Gasteiger partial charge on any atom is -0.389 e. The van der Waals surface area contributed by atoms with Gasteiger partial charge in [-0.1, -0.05) is 28.9 Å². The van der Waals surface area contributed by atoms with E-state index in [2.05, 4.69) is 39.9 Å². The van der Waals surface area contributed by atoms with E-state index in [9.17, 15) is 5.11 Å². The molecule has 1 unspecified atom stereocenters. The Hall–Kier alpha value is -0.580. The van der Waals surface area contributed by atoms with Crippen LogP contribution in [0.2, 0.25) is 0 Å². The molecule has 1 aliphatic heterocycles. The molecular formula is C16H24BrNO2. The molecule has 4 heteroatoms. The molecule has 1 aliphatic rings. The monoisotopic (exact) mass is 341 g/mol. The van der Waals surface area contributed by atoms with E-state index in [1.165, 1.54) is 12.1 Å². The maximum atomic E-state index is 9.68. The summed E-state index contributed by atoms with van der Waals surface area (Å²) in [7, 11) is 0. The summed E-state index contributed by atoms with van der Waals surface area (Å²) in [6, 6.07) is 6.19. The molecule has 1 saturated heterocycles. The molecule has 1 aromatic carbocycles. The number of benzene rings is 1. The van der Waals surface area contributed by atoms with Crippen LogP contribution in [0.5, 0.6) is 0 Å². The highest BCUT2D eigenvalue weighted by molar-refractivity contribution is 9.10. The molecule has 0 saturated carbocycles. The Labute approximate surface area is 130 Å². The molecule has 3 nitrogen and oxygen atoms in total. The van der Waals surface area contributed by atoms with Crippen molar-refractivity contribution in [2.45, 2.75) is 45.3 Å². The molecule has 1 N–H and O–H groups in total. The third-order valence-electron chi connectivity index (χ3n) is 3.74. The van der Waals surface area contributed by atoms with E-state index in [0.717, 1.165) is 42.6 Å². The zero-order valence-electron chi connectivity index (χ0n) is 12.3. The van der Waals surface area contributed by atoms with E-state index in [0.29, 0.717) is 6.10 Å². The molecule has 2 atom stereocenters. The van der Waals surface area contributed by atoms with Crippen LogP contribution in [0.1, 0.15) is 44.8 Å². The molecule has 0 amide bonds. The second-order valence-electron chi connectivity index (χ2n) is 5.46. The van der Waals surface area contributed by atoms with Gasteiger partial charge < -0.3 is 14.7 Å². The van der Waals surface area contributed by atoms with E-state index in [-0.39, 0.29) is 0 Å². The molecule has 0 bridgehead atoms. The van der Waals surface area contributed by atoms with Gasteiger partial charge in [0.2, 0.25) is 0 Å². The number of anilines is 1. The molecule has 1 heterocycles. The minimum absolute atomic E-state index is 0.346. The lowest BCUT2D eigenvalue weighted by atomic mass is 10.1. The van der Waals surface area contributed by atoms with Gasteiger partial charge in [-0.15, -0.1) is 0 Å². The highest BCUT2D eigenvalue weighted by Crippen LogP contribution is 2.30. The molecule has 1 fully saturated rings. The summed E-state index contributed by atoms with van der Waals surface area (Å²) in [6.45, 7) is 6.82. The number of rotatable bonds is 5. The Kier molecular flexibility index (Phi) is 5.87. The summed E-state index contributed by atoms with van der Waals surface area (Å²) >= 11 is 3.55. The molecular weight excluding hydrogens is 318 g/mol. The maximum Gasteiger partial charge on any atom is 0.0772 e. The van der Waals surface area contributed by atoms with Gasteiger partial charge >= 0.3 is 0 Å². The number of hydrogen-bond donors (Lipinski definition) is 1. The van der Waals surface area contributed by atoms with Crippen molar-refractivity contribution in [1.29, 1.82) is 0 Å². The number of aliphatic hydroxyl groups excluding tert-OH is 1. The first kappa shape index (κ1) is 15.8. The number of ether oxygens (including phenoxy) is 1. The third kappa shape index (κ3) is 3.96. The predicted octanol–water partition coefficient (Wildman–Crippen LogP) is 3.90. The number of hydrogen-bond acceptors (Lipinski definition) is 3. The van der Waals surface area contributed by atoms with Gasteiger partial charge in [-0.25, -0.2) is 0 Å². The van der Waals surface area contributed by atoms with Crippen LogP contribution in [0, 0.1) is 0 Å². The van der Waals surface area contributed by atoms with Gasteiger partial charge in [0.1, 0.15) is 0 Å². The number of piperidine rings is 1. The lowest BCUT2D eigenvalue weighted by Gasteiger charge is -2.34. The SMILES string of the molecule is CCCOC1CCCN(c2ccc([C@H](C)O)c(Br)c2)C1. The van der Waals surface area contributed by atoms with E-state index in [1.807, 2.05) is 6.07 Å². The minimum atomic E-state index is -0.444. The van der Waals surface area contributed by atoms with Crippen molar-refractivity contribution in [2.75, 3.05) is 24.6 Å². The highest BCUT2D eigenvalue weighted by Gasteiger charge is 2.21. The van der Waals surface area contributed by atoms with Crippen molar-refractivity contribution in [3.8, 4) is 0 Å². The average Bonchev–Trinajstić information content (AvgIpc) is 2.45. The van der Waals surface area contributed by atoms with E-state index < -0.39 is 6.10 Å². The Morgan fingerprint density at radius 2 is 2.30 bits per heavy atom. The van der Waals surface area contributed by atoms with Crippen molar-refractivity contribution in [2.24, 2.45) is 0 Å². The summed E-state index contributed by atoms with van der Waals surface area (Å²) in [5, 5.41) is 9.68. The van der Waals surface area contributed by atoms with Crippen molar-refractivity contribution in [3.05, 3.63) is 28.2 Å².